The minimum atomic E-state index is -0.907. The highest BCUT2D eigenvalue weighted by molar-refractivity contribution is 7.80. The molecule has 0 aliphatic carbocycles. The van der Waals surface area contributed by atoms with Crippen molar-refractivity contribution in [1.29, 1.82) is 0 Å². The number of thiocarbonyl (C=S) groups is 1. The number of hydroxylamine groups is 2. The SMILES string of the molecule is CC(C)[C@H](NC(=O)C[C@@H]1CCC(=S)N1Cc1cccc(F)c1F)C(=O)N1CCCCO1. The van der Waals surface area contributed by atoms with E-state index in [4.69, 9.17) is 17.1 Å². The first-order valence-corrected chi connectivity index (χ1v) is 11.1. The van der Waals surface area contributed by atoms with Crippen LogP contribution in [0.4, 0.5) is 8.78 Å². The Balaban J connectivity index is 1.63. The summed E-state index contributed by atoms with van der Waals surface area (Å²) in [5.74, 6) is -2.43. The zero-order valence-corrected chi connectivity index (χ0v) is 18.7. The average Bonchev–Trinajstić information content (AvgIpc) is 3.08. The molecular weight excluding hydrogens is 424 g/mol. The van der Waals surface area contributed by atoms with Crippen LogP contribution in [0.5, 0.6) is 0 Å². The van der Waals surface area contributed by atoms with Crippen molar-refractivity contribution in [3.63, 3.8) is 0 Å². The summed E-state index contributed by atoms with van der Waals surface area (Å²) in [6.45, 7) is 4.86. The molecule has 2 atom stereocenters. The molecule has 0 saturated carbocycles. The summed E-state index contributed by atoms with van der Waals surface area (Å²) in [6, 6.07) is 3.12. The van der Waals surface area contributed by atoms with E-state index >= 15 is 0 Å². The van der Waals surface area contributed by atoms with Gasteiger partial charge in [0.05, 0.1) is 11.6 Å². The second kappa shape index (κ2) is 10.5. The van der Waals surface area contributed by atoms with Crippen LogP contribution >= 0.6 is 12.2 Å². The van der Waals surface area contributed by atoms with Crippen LogP contribution in [0.3, 0.4) is 0 Å². The lowest BCUT2D eigenvalue weighted by atomic mass is 10.0. The highest BCUT2D eigenvalue weighted by atomic mass is 32.1. The molecule has 1 aromatic carbocycles. The minimum absolute atomic E-state index is 0.106. The van der Waals surface area contributed by atoms with Gasteiger partial charge in [-0.2, -0.15) is 0 Å². The van der Waals surface area contributed by atoms with Crippen LogP contribution in [0.2, 0.25) is 0 Å². The maximum absolute atomic E-state index is 14.1. The Morgan fingerprint density at radius 1 is 1.29 bits per heavy atom. The van der Waals surface area contributed by atoms with Gasteiger partial charge in [0.2, 0.25) is 5.91 Å². The van der Waals surface area contributed by atoms with Crippen molar-refractivity contribution in [2.24, 2.45) is 5.92 Å². The van der Waals surface area contributed by atoms with E-state index in [1.165, 1.54) is 17.2 Å². The molecule has 2 aliphatic rings. The molecule has 2 saturated heterocycles. The second-order valence-electron chi connectivity index (χ2n) is 8.40. The molecule has 0 spiro atoms. The third-order valence-corrected chi connectivity index (χ3v) is 6.18. The molecule has 9 heteroatoms. The number of benzene rings is 1. The Kier molecular flexibility index (Phi) is 7.94. The van der Waals surface area contributed by atoms with E-state index in [-0.39, 0.29) is 42.3 Å². The zero-order chi connectivity index (χ0) is 22.5. The van der Waals surface area contributed by atoms with Gasteiger partial charge in [0.1, 0.15) is 6.04 Å². The van der Waals surface area contributed by atoms with Crippen LogP contribution in [-0.4, -0.2) is 52.0 Å². The number of carbonyl (C=O) groups excluding carboxylic acids is 2. The molecule has 170 valence electrons. The largest absolute Gasteiger partial charge is 0.358 e. The number of hydrogen-bond donors (Lipinski definition) is 1. The van der Waals surface area contributed by atoms with Gasteiger partial charge in [-0.15, -0.1) is 0 Å². The maximum atomic E-state index is 14.1. The van der Waals surface area contributed by atoms with Crippen LogP contribution in [0.1, 0.15) is 51.5 Å². The summed E-state index contributed by atoms with van der Waals surface area (Å²) in [4.78, 5) is 33.5. The molecule has 0 unspecified atom stereocenters. The Morgan fingerprint density at radius 2 is 2.06 bits per heavy atom. The zero-order valence-electron chi connectivity index (χ0n) is 17.9. The van der Waals surface area contributed by atoms with E-state index in [0.717, 1.165) is 18.9 Å². The first-order chi connectivity index (χ1) is 14.8. The van der Waals surface area contributed by atoms with Crippen molar-refractivity contribution in [3.05, 3.63) is 35.4 Å². The van der Waals surface area contributed by atoms with Crippen LogP contribution in [0, 0.1) is 17.6 Å². The number of nitrogens with zero attached hydrogens (tertiary/aromatic N) is 2. The maximum Gasteiger partial charge on any atom is 0.268 e. The van der Waals surface area contributed by atoms with Crippen molar-refractivity contribution in [3.8, 4) is 0 Å². The summed E-state index contributed by atoms with van der Waals surface area (Å²) >= 11 is 5.40. The quantitative estimate of drug-likeness (QED) is 0.642. The normalized spacial score (nSPS) is 20.3. The number of rotatable bonds is 7. The molecule has 2 amide bonds. The standard InChI is InChI=1S/C22H29F2N3O3S/c1-14(2)21(22(29)27-10-3-4-11-30-27)25-18(28)12-16-8-9-19(31)26(16)13-15-6-5-7-17(23)20(15)24/h5-7,14,16,21H,3-4,8-13H2,1-2H3,(H,25,28)/t16-,21-/m0/s1. The number of hydrogen-bond acceptors (Lipinski definition) is 4. The first-order valence-electron chi connectivity index (χ1n) is 10.7. The van der Waals surface area contributed by atoms with Crippen molar-refractivity contribution in [1.82, 2.24) is 15.3 Å². The number of likely N-dealkylation sites (tertiary alicyclic amines) is 1. The Hall–Kier alpha value is -2.13. The van der Waals surface area contributed by atoms with Crippen molar-refractivity contribution in [2.45, 2.75) is 64.6 Å². The smallest absolute Gasteiger partial charge is 0.268 e. The van der Waals surface area contributed by atoms with E-state index in [9.17, 15) is 18.4 Å². The van der Waals surface area contributed by atoms with Crippen molar-refractivity contribution >= 4 is 29.0 Å². The van der Waals surface area contributed by atoms with Crippen LogP contribution in [0.15, 0.2) is 18.2 Å². The second-order valence-corrected chi connectivity index (χ2v) is 8.87. The van der Waals surface area contributed by atoms with Gasteiger partial charge >= 0.3 is 0 Å². The molecule has 6 nitrogen and oxygen atoms in total. The van der Waals surface area contributed by atoms with E-state index in [1.54, 1.807) is 4.90 Å². The van der Waals surface area contributed by atoms with E-state index in [2.05, 4.69) is 5.32 Å². The Bertz CT molecular complexity index is 830. The highest BCUT2D eigenvalue weighted by Gasteiger charge is 2.34. The van der Waals surface area contributed by atoms with Crippen LogP contribution in [-0.2, 0) is 21.0 Å². The topological polar surface area (TPSA) is 61.9 Å². The van der Waals surface area contributed by atoms with Crippen molar-refractivity contribution in [2.75, 3.05) is 13.2 Å². The molecule has 0 bridgehead atoms. The van der Waals surface area contributed by atoms with Gasteiger partial charge in [-0.25, -0.2) is 13.8 Å². The Morgan fingerprint density at radius 3 is 2.74 bits per heavy atom. The predicted octanol–water partition coefficient (Wildman–Crippen LogP) is 3.34. The number of carbonyl (C=O) groups is 2. The molecule has 3 rings (SSSR count). The molecule has 0 aromatic heterocycles. The lowest BCUT2D eigenvalue weighted by Gasteiger charge is -2.32. The average molecular weight is 454 g/mol. The molecule has 2 heterocycles. The summed E-state index contributed by atoms with van der Waals surface area (Å²) in [5, 5.41) is 4.19. The molecule has 0 radical (unpaired) electrons. The molecule has 1 N–H and O–H groups in total. The van der Waals surface area contributed by atoms with Gasteiger partial charge < -0.3 is 10.2 Å². The van der Waals surface area contributed by atoms with Gasteiger partial charge in [-0.3, -0.25) is 14.4 Å². The van der Waals surface area contributed by atoms with Gasteiger partial charge in [0.25, 0.3) is 5.91 Å². The monoisotopic (exact) mass is 453 g/mol. The van der Waals surface area contributed by atoms with Crippen LogP contribution < -0.4 is 5.32 Å². The van der Waals surface area contributed by atoms with Crippen LogP contribution in [0.25, 0.3) is 0 Å². The van der Waals surface area contributed by atoms with E-state index in [1.807, 2.05) is 13.8 Å². The molecule has 2 fully saturated rings. The van der Waals surface area contributed by atoms with Crippen molar-refractivity contribution < 1.29 is 23.2 Å². The van der Waals surface area contributed by atoms with E-state index < -0.39 is 17.7 Å². The highest BCUT2D eigenvalue weighted by Crippen LogP contribution is 2.26. The third-order valence-electron chi connectivity index (χ3n) is 5.74. The number of amides is 2. The lowest BCUT2D eigenvalue weighted by Crippen LogP contribution is -2.53. The number of halogens is 2. The molecule has 31 heavy (non-hydrogen) atoms. The fourth-order valence-electron chi connectivity index (χ4n) is 3.96. The van der Waals surface area contributed by atoms with Gasteiger partial charge in [0, 0.05) is 31.1 Å². The summed E-state index contributed by atoms with van der Waals surface area (Å²) in [5.41, 5.74) is 0.201. The molecule has 1 aromatic rings. The fourth-order valence-corrected chi connectivity index (χ4v) is 4.29. The third kappa shape index (κ3) is 5.77. The van der Waals surface area contributed by atoms with E-state index in [0.29, 0.717) is 31.0 Å². The first kappa shape index (κ1) is 23.5. The predicted molar refractivity (Wildman–Crippen MR) is 116 cm³/mol. The molecule has 2 aliphatic heterocycles. The van der Waals surface area contributed by atoms with Gasteiger partial charge in [0.15, 0.2) is 11.6 Å². The fraction of sp³-hybridized carbons (Fsp3) is 0.591. The number of nitrogens with one attached hydrogen (secondary N) is 1. The Labute approximate surface area is 186 Å². The minimum Gasteiger partial charge on any atom is -0.358 e. The van der Waals surface area contributed by atoms with Gasteiger partial charge in [-0.1, -0.05) is 38.2 Å². The van der Waals surface area contributed by atoms with Gasteiger partial charge in [-0.05, 0) is 37.7 Å². The molecular formula is C22H29F2N3O3S. The summed E-state index contributed by atoms with van der Waals surface area (Å²) < 4.78 is 27.7. The lowest BCUT2D eigenvalue weighted by molar-refractivity contribution is -0.200. The summed E-state index contributed by atoms with van der Waals surface area (Å²) in [7, 11) is 0. The summed E-state index contributed by atoms with van der Waals surface area (Å²) in [6.07, 6.45) is 3.16.